The normalized spacial score (nSPS) is 11.3. The molecule has 0 aliphatic rings. The number of rotatable bonds is 4. The van der Waals surface area contributed by atoms with Gasteiger partial charge in [-0.15, -0.1) is 10.2 Å². The molecule has 0 bridgehead atoms. The van der Waals surface area contributed by atoms with E-state index in [1.807, 2.05) is 0 Å². The number of alkyl halides is 3. The second-order valence-corrected chi connectivity index (χ2v) is 4.77. The molecule has 0 fully saturated rings. The fraction of sp³-hybridized carbons (Fsp3) is 0.133. The Labute approximate surface area is 133 Å². The first kappa shape index (κ1) is 15.7. The first-order valence-corrected chi connectivity index (χ1v) is 6.69. The van der Waals surface area contributed by atoms with Gasteiger partial charge in [-0.1, -0.05) is 12.1 Å². The fourth-order valence-electron chi connectivity index (χ4n) is 2.02. The molecule has 1 heterocycles. The van der Waals surface area contributed by atoms with Crippen LogP contribution in [0.1, 0.15) is 0 Å². The van der Waals surface area contributed by atoms with Gasteiger partial charge in [0.05, 0.1) is 11.4 Å². The van der Waals surface area contributed by atoms with Gasteiger partial charge in [0, 0.05) is 12.1 Å². The maximum atomic E-state index is 12.3. The van der Waals surface area contributed by atoms with E-state index in [4.69, 9.17) is 4.74 Å². The lowest BCUT2D eigenvalue weighted by molar-refractivity contribution is -0.153. The van der Waals surface area contributed by atoms with Crippen LogP contribution in [0, 0.1) is 0 Å². The fourth-order valence-corrected chi connectivity index (χ4v) is 2.02. The van der Waals surface area contributed by atoms with Crippen LogP contribution in [0.4, 0.5) is 18.9 Å². The predicted molar refractivity (Wildman–Crippen MR) is 78.2 cm³/mol. The number of nitrogens with zero attached hydrogens (tertiary/aromatic N) is 4. The van der Waals surface area contributed by atoms with Crippen LogP contribution in [0.3, 0.4) is 0 Å². The van der Waals surface area contributed by atoms with Crippen LogP contribution in [0.5, 0.6) is 5.75 Å². The van der Waals surface area contributed by atoms with Gasteiger partial charge in [-0.3, -0.25) is 0 Å². The lowest BCUT2D eigenvalue weighted by Crippen LogP contribution is -2.19. The van der Waals surface area contributed by atoms with Crippen LogP contribution >= 0.6 is 0 Å². The highest BCUT2D eigenvalue weighted by atomic mass is 19.4. The SMILES string of the molecule is O=C=Nc1cc(OCC(F)(F)F)cc(-n2nc3ccccc3n2)c1. The Bertz CT molecular complexity index is 897. The van der Waals surface area contributed by atoms with Crippen molar-refractivity contribution in [1.29, 1.82) is 0 Å². The van der Waals surface area contributed by atoms with Gasteiger partial charge in [-0.2, -0.15) is 23.0 Å². The van der Waals surface area contributed by atoms with Crippen molar-refractivity contribution in [2.45, 2.75) is 6.18 Å². The number of halogens is 3. The summed E-state index contributed by atoms with van der Waals surface area (Å²) in [4.78, 5) is 15.1. The highest BCUT2D eigenvalue weighted by Gasteiger charge is 2.28. The Balaban J connectivity index is 2.02. The molecule has 2 aromatic carbocycles. The number of ether oxygens (including phenoxy) is 1. The van der Waals surface area contributed by atoms with Gasteiger partial charge in [0.15, 0.2) is 6.61 Å². The molecule has 24 heavy (non-hydrogen) atoms. The number of fused-ring (bicyclic) bond motifs is 1. The lowest BCUT2D eigenvalue weighted by Gasteiger charge is -2.10. The molecule has 0 saturated heterocycles. The third-order valence-electron chi connectivity index (χ3n) is 2.97. The largest absolute Gasteiger partial charge is 0.484 e. The topological polar surface area (TPSA) is 69.4 Å². The zero-order valence-corrected chi connectivity index (χ0v) is 12.0. The molecule has 0 saturated carbocycles. The summed E-state index contributed by atoms with van der Waals surface area (Å²) in [6.07, 6.45) is -3.15. The molecule has 0 aliphatic carbocycles. The Morgan fingerprint density at radius 3 is 2.38 bits per heavy atom. The van der Waals surface area contributed by atoms with Gasteiger partial charge in [0.25, 0.3) is 0 Å². The highest BCUT2D eigenvalue weighted by Crippen LogP contribution is 2.27. The van der Waals surface area contributed by atoms with E-state index < -0.39 is 12.8 Å². The third kappa shape index (κ3) is 3.58. The van der Waals surface area contributed by atoms with Crippen molar-refractivity contribution < 1.29 is 22.7 Å². The summed E-state index contributed by atoms with van der Waals surface area (Å²) in [6.45, 7) is -1.46. The van der Waals surface area contributed by atoms with E-state index >= 15 is 0 Å². The van der Waals surface area contributed by atoms with Crippen LogP contribution < -0.4 is 4.74 Å². The predicted octanol–water partition coefficient (Wildman–Crippen LogP) is 3.33. The molecule has 0 atom stereocenters. The summed E-state index contributed by atoms with van der Waals surface area (Å²) in [5.74, 6) is -0.111. The van der Waals surface area contributed by atoms with Crippen LogP contribution in [0.25, 0.3) is 16.7 Å². The Morgan fingerprint density at radius 2 is 1.79 bits per heavy atom. The molecule has 0 aliphatic heterocycles. The monoisotopic (exact) mass is 334 g/mol. The summed E-state index contributed by atoms with van der Waals surface area (Å²) in [7, 11) is 0. The number of carbonyl (C=O) groups excluding carboxylic acids is 1. The van der Waals surface area contributed by atoms with Gasteiger partial charge in [-0.25, -0.2) is 4.79 Å². The van der Waals surface area contributed by atoms with E-state index in [2.05, 4.69) is 15.2 Å². The van der Waals surface area contributed by atoms with Crippen LogP contribution in [0.2, 0.25) is 0 Å². The van der Waals surface area contributed by atoms with Crippen molar-refractivity contribution in [3.63, 3.8) is 0 Å². The summed E-state index contributed by atoms with van der Waals surface area (Å²) >= 11 is 0. The third-order valence-corrected chi connectivity index (χ3v) is 2.97. The van der Waals surface area contributed by atoms with Crippen molar-refractivity contribution in [2.75, 3.05) is 6.61 Å². The number of hydrogen-bond acceptors (Lipinski definition) is 5. The van der Waals surface area contributed by atoms with E-state index in [0.717, 1.165) is 0 Å². The van der Waals surface area contributed by atoms with Gasteiger partial charge < -0.3 is 4.74 Å². The number of isocyanates is 1. The summed E-state index contributed by atoms with van der Waals surface area (Å²) in [6, 6.07) is 11.0. The van der Waals surface area contributed by atoms with Gasteiger partial charge >= 0.3 is 6.18 Å². The van der Waals surface area contributed by atoms with E-state index in [1.54, 1.807) is 24.3 Å². The molecule has 3 rings (SSSR count). The van der Waals surface area contributed by atoms with Crippen molar-refractivity contribution in [2.24, 2.45) is 4.99 Å². The van der Waals surface area contributed by atoms with Crippen molar-refractivity contribution in [3.8, 4) is 11.4 Å². The maximum Gasteiger partial charge on any atom is 0.422 e. The molecule has 3 aromatic rings. The molecule has 1 aromatic heterocycles. The molecular weight excluding hydrogens is 325 g/mol. The smallest absolute Gasteiger partial charge is 0.422 e. The quantitative estimate of drug-likeness (QED) is 0.542. The van der Waals surface area contributed by atoms with Crippen molar-refractivity contribution in [1.82, 2.24) is 15.0 Å². The molecule has 0 spiro atoms. The average molecular weight is 334 g/mol. The first-order valence-electron chi connectivity index (χ1n) is 6.69. The van der Waals surface area contributed by atoms with Crippen molar-refractivity contribution in [3.05, 3.63) is 42.5 Å². The Hall–Kier alpha value is -3.19. The van der Waals surface area contributed by atoms with E-state index in [9.17, 15) is 18.0 Å². The molecule has 0 amide bonds. The summed E-state index contributed by atoms with van der Waals surface area (Å²) in [5.41, 5.74) is 1.61. The van der Waals surface area contributed by atoms with E-state index in [-0.39, 0.29) is 11.4 Å². The first-order chi connectivity index (χ1) is 11.4. The molecule has 0 N–H and O–H groups in total. The Morgan fingerprint density at radius 1 is 1.12 bits per heavy atom. The zero-order chi connectivity index (χ0) is 17.2. The average Bonchev–Trinajstić information content (AvgIpc) is 2.96. The Kier molecular flexibility index (Phi) is 4.01. The number of hydrogen-bond donors (Lipinski definition) is 0. The zero-order valence-electron chi connectivity index (χ0n) is 12.0. The second-order valence-electron chi connectivity index (χ2n) is 4.77. The van der Waals surface area contributed by atoms with Gasteiger partial charge in [0.2, 0.25) is 6.08 Å². The van der Waals surface area contributed by atoms with Crippen LogP contribution in [-0.4, -0.2) is 33.9 Å². The molecular formula is C15H9F3N4O2. The van der Waals surface area contributed by atoms with Gasteiger partial charge in [0.1, 0.15) is 16.8 Å². The molecule has 0 unspecified atom stereocenters. The second kappa shape index (κ2) is 6.13. The number of aliphatic imine (C=N–C) groups is 1. The summed E-state index contributed by atoms with van der Waals surface area (Å²) < 4.78 is 41.6. The van der Waals surface area contributed by atoms with E-state index in [1.165, 1.54) is 29.1 Å². The lowest BCUT2D eigenvalue weighted by atomic mass is 10.2. The molecule has 122 valence electrons. The van der Waals surface area contributed by atoms with Crippen LogP contribution in [-0.2, 0) is 4.79 Å². The number of aromatic nitrogens is 3. The minimum absolute atomic E-state index is 0.0843. The van der Waals surface area contributed by atoms with Crippen LogP contribution in [0.15, 0.2) is 47.5 Å². The van der Waals surface area contributed by atoms with E-state index in [0.29, 0.717) is 16.7 Å². The maximum absolute atomic E-state index is 12.3. The minimum atomic E-state index is -4.48. The highest BCUT2D eigenvalue weighted by molar-refractivity contribution is 5.73. The molecule has 0 radical (unpaired) electrons. The van der Waals surface area contributed by atoms with Gasteiger partial charge in [-0.05, 0) is 18.2 Å². The standard InChI is InChI=1S/C15H9F3N4O2/c16-15(17,18)8-24-12-6-10(19-9-23)5-11(7-12)22-20-13-3-1-2-4-14(13)21-22/h1-7H,8H2. The van der Waals surface area contributed by atoms with Crippen molar-refractivity contribution >= 4 is 22.8 Å². The minimum Gasteiger partial charge on any atom is -0.484 e. The molecule has 9 heteroatoms. The number of benzene rings is 2. The summed E-state index contributed by atoms with van der Waals surface area (Å²) in [5, 5.41) is 8.44. The molecule has 6 nitrogen and oxygen atoms in total.